The summed E-state index contributed by atoms with van der Waals surface area (Å²) in [7, 11) is 0. The average molecular weight is 223 g/mol. The summed E-state index contributed by atoms with van der Waals surface area (Å²) in [5.41, 5.74) is 0. The number of aryl methyl sites for hydroxylation is 1. The number of furan rings is 1. The average Bonchev–Trinajstić information content (AvgIpc) is 2.76. The zero-order valence-corrected chi connectivity index (χ0v) is 10.9. The van der Waals surface area contributed by atoms with Crippen LogP contribution < -0.4 is 5.32 Å². The predicted molar refractivity (Wildman–Crippen MR) is 68.6 cm³/mol. The van der Waals surface area contributed by atoms with Crippen molar-refractivity contribution in [2.24, 2.45) is 0 Å². The molecule has 0 radical (unpaired) electrons. The second-order valence-corrected chi connectivity index (χ2v) is 4.26. The van der Waals surface area contributed by atoms with Gasteiger partial charge >= 0.3 is 0 Å². The maximum atomic E-state index is 5.82. The summed E-state index contributed by atoms with van der Waals surface area (Å²) in [5.74, 6) is 2.20. The van der Waals surface area contributed by atoms with E-state index in [4.69, 9.17) is 4.42 Å². The Bertz CT molecular complexity index is 280. The van der Waals surface area contributed by atoms with Gasteiger partial charge in [-0.15, -0.1) is 0 Å². The van der Waals surface area contributed by atoms with Crippen molar-refractivity contribution in [2.75, 3.05) is 6.54 Å². The highest BCUT2D eigenvalue weighted by Crippen LogP contribution is 2.22. The molecule has 1 heterocycles. The summed E-state index contributed by atoms with van der Waals surface area (Å²) in [4.78, 5) is 0. The molecule has 1 aromatic heterocycles. The Kier molecular flexibility index (Phi) is 6.24. The molecule has 1 unspecified atom stereocenters. The molecular formula is C14H25NO. The Balaban J connectivity index is 2.54. The van der Waals surface area contributed by atoms with Crippen LogP contribution in [0.25, 0.3) is 0 Å². The monoisotopic (exact) mass is 223 g/mol. The lowest BCUT2D eigenvalue weighted by Crippen LogP contribution is -2.20. The van der Waals surface area contributed by atoms with Gasteiger partial charge in [-0.25, -0.2) is 0 Å². The van der Waals surface area contributed by atoms with Crippen molar-refractivity contribution in [1.82, 2.24) is 5.32 Å². The van der Waals surface area contributed by atoms with Crippen LogP contribution >= 0.6 is 0 Å². The van der Waals surface area contributed by atoms with Crippen LogP contribution in [-0.4, -0.2) is 6.54 Å². The lowest BCUT2D eigenvalue weighted by atomic mass is 10.1. The van der Waals surface area contributed by atoms with E-state index < -0.39 is 0 Å². The van der Waals surface area contributed by atoms with Crippen LogP contribution in [0.3, 0.4) is 0 Å². The summed E-state index contributed by atoms with van der Waals surface area (Å²) in [6.45, 7) is 7.52. The summed E-state index contributed by atoms with van der Waals surface area (Å²) >= 11 is 0. The summed E-state index contributed by atoms with van der Waals surface area (Å²) in [5, 5.41) is 3.50. The minimum Gasteiger partial charge on any atom is -0.464 e. The van der Waals surface area contributed by atoms with Gasteiger partial charge in [-0.3, -0.25) is 0 Å². The molecule has 1 N–H and O–H groups in total. The topological polar surface area (TPSA) is 25.2 Å². The maximum absolute atomic E-state index is 5.82. The maximum Gasteiger partial charge on any atom is 0.121 e. The van der Waals surface area contributed by atoms with E-state index in [1.54, 1.807) is 0 Å². The Morgan fingerprint density at radius 1 is 1.19 bits per heavy atom. The fourth-order valence-electron chi connectivity index (χ4n) is 1.96. The van der Waals surface area contributed by atoms with Gasteiger partial charge in [0.25, 0.3) is 0 Å². The van der Waals surface area contributed by atoms with Gasteiger partial charge in [0.15, 0.2) is 0 Å². The summed E-state index contributed by atoms with van der Waals surface area (Å²) in [6, 6.07) is 4.62. The van der Waals surface area contributed by atoms with Gasteiger partial charge in [0, 0.05) is 6.42 Å². The van der Waals surface area contributed by atoms with Gasteiger partial charge < -0.3 is 9.73 Å². The lowest BCUT2D eigenvalue weighted by Gasteiger charge is -2.15. The van der Waals surface area contributed by atoms with E-state index in [-0.39, 0.29) is 0 Å². The van der Waals surface area contributed by atoms with E-state index in [2.05, 4.69) is 38.2 Å². The van der Waals surface area contributed by atoms with E-state index in [9.17, 15) is 0 Å². The first kappa shape index (κ1) is 13.3. The Morgan fingerprint density at radius 2 is 2.00 bits per heavy atom. The van der Waals surface area contributed by atoms with Crippen molar-refractivity contribution in [3.63, 3.8) is 0 Å². The van der Waals surface area contributed by atoms with Gasteiger partial charge in [0.1, 0.15) is 11.5 Å². The van der Waals surface area contributed by atoms with Crippen molar-refractivity contribution in [3.05, 3.63) is 23.7 Å². The molecule has 0 aliphatic heterocycles. The van der Waals surface area contributed by atoms with E-state index in [0.717, 1.165) is 24.5 Å². The van der Waals surface area contributed by atoms with E-state index in [1.807, 2.05) is 0 Å². The highest BCUT2D eigenvalue weighted by molar-refractivity contribution is 5.10. The predicted octanol–water partition coefficient (Wildman–Crippen LogP) is 4.07. The van der Waals surface area contributed by atoms with E-state index in [0.29, 0.717) is 6.04 Å². The zero-order chi connectivity index (χ0) is 11.8. The van der Waals surface area contributed by atoms with Crippen LogP contribution in [0.15, 0.2) is 16.5 Å². The lowest BCUT2D eigenvalue weighted by molar-refractivity contribution is 0.376. The standard InChI is InChI=1S/C14H25NO/c1-4-7-8-9-13(15-6-3)14-11-10-12(5-2)16-14/h10-11,13,15H,4-9H2,1-3H3. The van der Waals surface area contributed by atoms with Crippen LogP contribution in [0.4, 0.5) is 0 Å². The second kappa shape index (κ2) is 7.50. The molecule has 0 saturated heterocycles. The van der Waals surface area contributed by atoms with Gasteiger partial charge in [0.2, 0.25) is 0 Å². The molecular weight excluding hydrogens is 198 g/mol. The molecule has 0 saturated carbocycles. The fraction of sp³-hybridized carbons (Fsp3) is 0.714. The molecule has 0 aliphatic rings. The first-order valence-electron chi connectivity index (χ1n) is 6.63. The van der Waals surface area contributed by atoms with Crippen molar-refractivity contribution in [2.45, 2.75) is 58.9 Å². The summed E-state index contributed by atoms with van der Waals surface area (Å²) < 4.78 is 5.82. The minimum absolute atomic E-state index is 0.400. The van der Waals surface area contributed by atoms with Crippen LogP contribution in [0, 0.1) is 0 Å². The minimum atomic E-state index is 0.400. The van der Waals surface area contributed by atoms with Crippen LogP contribution in [0.5, 0.6) is 0 Å². The Morgan fingerprint density at radius 3 is 2.56 bits per heavy atom. The zero-order valence-electron chi connectivity index (χ0n) is 10.9. The molecule has 1 rings (SSSR count). The Hall–Kier alpha value is -0.760. The molecule has 0 aromatic carbocycles. The normalized spacial score (nSPS) is 12.9. The molecule has 1 aromatic rings. The number of rotatable bonds is 8. The smallest absolute Gasteiger partial charge is 0.121 e. The van der Waals surface area contributed by atoms with Gasteiger partial charge in [-0.05, 0) is 25.1 Å². The molecule has 2 heteroatoms. The van der Waals surface area contributed by atoms with Crippen molar-refractivity contribution < 1.29 is 4.42 Å². The molecule has 0 amide bonds. The Labute approximate surface area is 99.4 Å². The molecule has 0 bridgehead atoms. The van der Waals surface area contributed by atoms with Crippen LogP contribution in [-0.2, 0) is 6.42 Å². The molecule has 2 nitrogen and oxygen atoms in total. The second-order valence-electron chi connectivity index (χ2n) is 4.26. The highest BCUT2D eigenvalue weighted by Gasteiger charge is 2.13. The molecule has 0 spiro atoms. The molecule has 0 aliphatic carbocycles. The number of hydrogen-bond acceptors (Lipinski definition) is 2. The molecule has 16 heavy (non-hydrogen) atoms. The third-order valence-corrected chi connectivity index (χ3v) is 2.92. The number of unbranched alkanes of at least 4 members (excludes halogenated alkanes) is 2. The largest absolute Gasteiger partial charge is 0.464 e. The van der Waals surface area contributed by atoms with Crippen LogP contribution in [0.1, 0.15) is 64.0 Å². The molecule has 1 atom stereocenters. The first-order chi connectivity index (χ1) is 7.81. The quantitative estimate of drug-likeness (QED) is 0.672. The van der Waals surface area contributed by atoms with E-state index in [1.165, 1.54) is 25.7 Å². The SMILES string of the molecule is CCCCCC(NCC)c1ccc(CC)o1. The van der Waals surface area contributed by atoms with Crippen molar-refractivity contribution in [3.8, 4) is 0 Å². The highest BCUT2D eigenvalue weighted by atomic mass is 16.3. The number of hydrogen-bond donors (Lipinski definition) is 1. The van der Waals surface area contributed by atoms with Gasteiger partial charge in [-0.2, -0.15) is 0 Å². The summed E-state index contributed by atoms with van der Waals surface area (Å²) in [6.07, 6.45) is 6.02. The van der Waals surface area contributed by atoms with Crippen molar-refractivity contribution in [1.29, 1.82) is 0 Å². The number of nitrogens with one attached hydrogen (secondary N) is 1. The van der Waals surface area contributed by atoms with Crippen LogP contribution in [0.2, 0.25) is 0 Å². The van der Waals surface area contributed by atoms with E-state index >= 15 is 0 Å². The van der Waals surface area contributed by atoms with Gasteiger partial charge in [-0.1, -0.05) is 40.0 Å². The third-order valence-electron chi connectivity index (χ3n) is 2.92. The first-order valence-corrected chi connectivity index (χ1v) is 6.63. The fourth-order valence-corrected chi connectivity index (χ4v) is 1.96. The third kappa shape index (κ3) is 4.01. The van der Waals surface area contributed by atoms with Crippen molar-refractivity contribution >= 4 is 0 Å². The molecule has 0 fully saturated rings. The van der Waals surface area contributed by atoms with Gasteiger partial charge in [0.05, 0.1) is 6.04 Å². The molecule has 92 valence electrons.